The smallest absolute Gasteiger partial charge is 0.291 e. The van der Waals surface area contributed by atoms with Crippen molar-refractivity contribution in [3.63, 3.8) is 0 Å². The van der Waals surface area contributed by atoms with Crippen LogP contribution in [-0.2, 0) is 13.0 Å². The molecule has 0 saturated carbocycles. The van der Waals surface area contributed by atoms with E-state index in [-0.39, 0.29) is 5.91 Å². The third kappa shape index (κ3) is 3.18. The fourth-order valence-electron chi connectivity index (χ4n) is 3.69. The molecule has 28 heavy (non-hydrogen) atoms. The van der Waals surface area contributed by atoms with Gasteiger partial charge >= 0.3 is 0 Å². The molecule has 0 fully saturated rings. The number of nitrogens with zero attached hydrogens (tertiary/aromatic N) is 1. The molecule has 2 aromatic carbocycles. The minimum absolute atomic E-state index is 0.234. The fraction of sp³-hybridized carbons (Fsp3) is 0.174. The molecule has 140 valence electrons. The van der Waals surface area contributed by atoms with Crippen LogP contribution >= 0.6 is 11.3 Å². The van der Waals surface area contributed by atoms with Crippen LogP contribution in [0.4, 0.5) is 11.4 Å². The quantitative estimate of drug-likeness (QED) is 0.496. The molecule has 2 aromatic heterocycles. The van der Waals surface area contributed by atoms with Gasteiger partial charge in [-0.15, -0.1) is 11.3 Å². The molecule has 1 aliphatic rings. The van der Waals surface area contributed by atoms with Crippen LogP contribution in [0.3, 0.4) is 0 Å². The number of carbonyl (C=O) groups excluding carboxylic acids is 1. The lowest BCUT2D eigenvalue weighted by Gasteiger charge is -2.29. The van der Waals surface area contributed by atoms with Gasteiger partial charge in [0.05, 0.1) is 0 Å². The molecule has 1 amide bonds. The van der Waals surface area contributed by atoms with E-state index in [1.54, 1.807) is 6.07 Å². The van der Waals surface area contributed by atoms with Crippen LogP contribution in [0.25, 0.3) is 11.0 Å². The number of amides is 1. The van der Waals surface area contributed by atoms with E-state index in [2.05, 4.69) is 33.8 Å². The second kappa shape index (κ2) is 6.84. The molecule has 0 spiro atoms. The molecule has 1 aliphatic heterocycles. The van der Waals surface area contributed by atoms with Gasteiger partial charge in [-0.1, -0.05) is 11.6 Å². The van der Waals surface area contributed by atoms with Gasteiger partial charge in [0.15, 0.2) is 5.76 Å². The molecular weight excluding hydrogens is 368 g/mol. The molecule has 3 heterocycles. The summed E-state index contributed by atoms with van der Waals surface area (Å²) in [5.41, 5.74) is 5.23. The minimum Gasteiger partial charge on any atom is -0.451 e. The Balaban J connectivity index is 1.30. The van der Waals surface area contributed by atoms with Crippen molar-refractivity contribution in [2.75, 3.05) is 16.8 Å². The van der Waals surface area contributed by atoms with Crippen LogP contribution in [0, 0.1) is 6.92 Å². The number of aryl methyl sites for hydroxylation is 1. The highest BCUT2D eigenvalue weighted by atomic mass is 32.1. The zero-order valence-corrected chi connectivity index (χ0v) is 16.4. The maximum atomic E-state index is 12.5. The van der Waals surface area contributed by atoms with E-state index >= 15 is 0 Å². The Morgan fingerprint density at radius 3 is 2.82 bits per heavy atom. The molecule has 0 unspecified atom stereocenters. The average molecular weight is 388 g/mol. The number of hydrogen-bond donors (Lipinski definition) is 1. The van der Waals surface area contributed by atoms with Crippen molar-refractivity contribution in [3.05, 3.63) is 81.7 Å². The largest absolute Gasteiger partial charge is 0.451 e. The second-order valence-electron chi connectivity index (χ2n) is 7.19. The van der Waals surface area contributed by atoms with E-state index in [9.17, 15) is 4.79 Å². The molecule has 5 heteroatoms. The Labute approximate surface area is 167 Å². The molecule has 5 rings (SSSR count). The van der Waals surface area contributed by atoms with Crippen molar-refractivity contribution < 1.29 is 9.21 Å². The lowest BCUT2D eigenvalue weighted by molar-refractivity contribution is 0.0998. The summed E-state index contributed by atoms with van der Waals surface area (Å²) < 4.78 is 5.68. The van der Waals surface area contributed by atoms with Gasteiger partial charge < -0.3 is 14.6 Å². The first-order valence-electron chi connectivity index (χ1n) is 9.37. The van der Waals surface area contributed by atoms with Crippen LogP contribution in [0.1, 0.15) is 26.6 Å². The highest BCUT2D eigenvalue weighted by molar-refractivity contribution is 7.10. The number of carbonyl (C=O) groups is 1. The topological polar surface area (TPSA) is 45.5 Å². The van der Waals surface area contributed by atoms with Crippen LogP contribution in [0.15, 0.2) is 64.4 Å². The first-order chi connectivity index (χ1) is 13.7. The standard InChI is InChI=1S/C23H20N2O2S/c1-15-2-7-20-17(12-15)13-21(27-20)23(26)24-18-3-5-19(6-4-18)25-10-8-22-16(14-25)9-11-28-22/h2-7,9,11-13H,8,10,14H2,1H3,(H,24,26). The van der Waals surface area contributed by atoms with Crippen molar-refractivity contribution in [3.8, 4) is 0 Å². The number of benzene rings is 2. The lowest BCUT2D eigenvalue weighted by atomic mass is 10.1. The van der Waals surface area contributed by atoms with Gasteiger partial charge in [-0.3, -0.25) is 4.79 Å². The van der Waals surface area contributed by atoms with Crippen LogP contribution in [0.5, 0.6) is 0 Å². The lowest BCUT2D eigenvalue weighted by Crippen LogP contribution is -2.29. The van der Waals surface area contributed by atoms with E-state index in [0.717, 1.165) is 41.7 Å². The number of thiophene rings is 1. The van der Waals surface area contributed by atoms with Crippen LogP contribution < -0.4 is 10.2 Å². The Morgan fingerprint density at radius 1 is 1.11 bits per heavy atom. The molecule has 0 atom stereocenters. The summed E-state index contributed by atoms with van der Waals surface area (Å²) in [4.78, 5) is 16.4. The summed E-state index contributed by atoms with van der Waals surface area (Å²) in [5, 5.41) is 6.04. The summed E-state index contributed by atoms with van der Waals surface area (Å²) in [6.07, 6.45) is 1.09. The number of fused-ring (bicyclic) bond motifs is 2. The molecule has 0 bridgehead atoms. The van der Waals surface area contributed by atoms with Gasteiger partial charge in [-0.2, -0.15) is 0 Å². The maximum absolute atomic E-state index is 12.5. The number of rotatable bonds is 3. The Kier molecular flexibility index (Phi) is 4.17. The minimum atomic E-state index is -0.234. The zero-order valence-electron chi connectivity index (χ0n) is 15.6. The summed E-state index contributed by atoms with van der Waals surface area (Å²) in [6, 6.07) is 17.9. The number of nitrogens with one attached hydrogen (secondary N) is 1. The zero-order chi connectivity index (χ0) is 19.1. The van der Waals surface area contributed by atoms with Crippen molar-refractivity contribution in [1.82, 2.24) is 0 Å². The Morgan fingerprint density at radius 2 is 1.96 bits per heavy atom. The average Bonchev–Trinajstić information content (AvgIpc) is 3.34. The third-order valence-corrected chi connectivity index (χ3v) is 6.22. The third-order valence-electron chi connectivity index (χ3n) is 5.19. The summed E-state index contributed by atoms with van der Waals surface area (Å²) >= 11 is 1.85. The van der Waals surface area contributed by atoms with Crippen LogP contribution in [0.2, 0.25) is 0 Å². The van der Waals surface area contributed by atoms with Crippen LogP contribution in [-0.4, -0.2) is 12.5 Å². The molecule has 0 aliphatic carbocycles. The van der Waals surface area contributed by atoms with Crippen molar-refractivity contribution in [1.29, 1.82) is 0 Å². The molecule has 4 aromatic rings. The summed E-state index contributed by atoms with van der Waals surface area (Å²) in [6.45, 7) is 4.00. The molecule has 1 N–H and O–H groups in total. The van der Waals surface area contributed by atoms with E-state index < -0.39 is 0 Å². The van der Waals surface area contributed by atoms with Crippen molar-refractivity contribution in [2.45, 2.75) is 19.9 Å². The van der Waals surface area contributed by atoms with Crippen molar-refractivity contribution >= 4 is 39.6 Å². The fourth-order valence-corrected chi connectivity index (χ4v) is 4.58. The summed E-state index contributed by atoms with van der Waals surface area (Å²) in [5.74, 6) is 0.0909. The van der Waals surface area contributed by atoms with Gasteiger partial charge in [0.2, 0.25) is 0 Å². The number of hydrogen-bond acceptors (Lipinski definition) is 4. The summed E-state index contributed by atoms with van der Waals surface area (Å²) in [7, 11) is 0. The predicted octanol–water partition coefficient (Wildman–Crippen LogP) is 5.62. The normalized spacial score (nSPS) is 13.5. The number of furan rings is 1. The highest BCUT2D eigenvalue weighted by Gasteiger charge is 2.18. The first-order valence-corrected chi connectivity index (χ1v) is 10.3. The highest BCUT2D eigenvalue weighted by Crippen LogP contribution is 2.28. The van der Waals surface area contributed by atoms with Gasteiger partial charge in [-0.05, 0) is 72.8 Å². The second-order valence-corrected chi connectivity index (χ2v) is 8.19. The van der Waals surface area contributed by atoms with E-state index in [0.29, 0.717) is 5.76 Å². The maximum Gasteiger partial charge on any atom is 0.291 e. The molecule has 0 saturated heterocycles. The van der Waals surface area contributed by atoms with E-state index in [4.69, 9.17) is 4.42 Å². The Hall–Kier alpha value is -3.05. The monoisotopic (exact) mass is 388 g/mol. The van der Waals surface area contributed by atoms with Gasteiger partial charge in [0, 0.05) is 34.7 Å². The van der Waals surface area contributed by atoms with Crippen molar-refractivity contribution in [2.24, 2.45) is 0 Å². The van der Waals surface area contributed by atoms with E-state index in [1.165, 1.54) is 16.1 Å². The molecular formula is C23H20N2O2S. The molecule has 0 radical (unpaired) electrons. The first kappa shape index (κ1) is 17.1. The number of anilines is 2. The van der Waals surface area contributed by atoms with Gasteiger partial charge in [0.25, 0.3) is 5.91 Å². The molecule has 4 nitrogen and oxygen atoms in total. The Bertz CT molecular complexity index is 1160. The van der Waals surface area contributed by atoms with Gasteiger partial charge in [0.1, 0.15) is 5.58 Å². The SMILES string of the molecule is Cc1ccc2oc(C(=O)Nc3ccc(N4CCc5sccc5C4)cc3)cc2c1. The van der Waals surface area contributed by atoms with E-state index in [1.807, 2.05) is 48.6 Å². The predicted molar refractivity (Wildman–Crippen MR) is 114 cm³/mol. The van der Waals surface area contributed by atoms with Gasteiger partial charge in [-0.25, -0.2) is 0 Å².